The Balaban J connectivity index is 1.95. The van der Waals surface area contributed by atoms with Crippen LogP contribution in [0.5, 0.6) is 0 Å². The standard InChI is InChI=1S/C15H28O11/c1-6(17)7(2)25-13-11(20)10(19)9(18)8(26-13)3-23-14-12(21)15(22,4-16)5-24-14/h6-14,16-22H,3-5H2,1-2H3. The Morgan fingerprint density at radius 2 is 1.73 bits per heavy atom. The molecule has 0 amide bonds. The highest BCUT2D eigenvalue weighted by Gasteiger charge is 2.50. The Hall–Kier alpha value is -0.440. The van der Waals surface area contributed by atoms with E-state index in [-0.39, 0.29) is 13.2 Å². The van der Waals surface area contributed by atoms with Crippen molar-refractivity contribution in [1.82, 2.24) is 0 Å². The molecular weight excluding hydrogens is 356 g/mol. The third-order valence-electron chi connectivity index (χ3n) is 4.70. The van der Waals surface area contributed by atoms with Gasteiger partial charge < -0.3 is 54.7 Å². The molecule has 0 saturated carbocycles. The minimum Gasteiger partial charge on any atom is -0.393 e. The highest BCUT2D eigenvalue weighted by atomic mass is 16.7. The van der Waals surface area contributed by atoms with Gasteiger partial charge in [-0.05, 0) is 13.8 Å². The van der Waals surface area contributed by atoms with Gasteiger partial charge in [-0.15, -0.1) is 0 Å². The first kappa shape index (κ1) is 21.9. The molecule has 11 heteroatoms. The lowest BCUT2D eigenvalue weighted by Crippen LogP contribution is -2.60. The highest BCUT2D eigenvalue weighted by Crippen LogP contribution is 2.28. The number of aliphatic hydroxyl groups excluding tert-OH is 6. The molecule has 2 aliphatic heterocycles. The quantitative estimate of drug-likeness (QED) is 0.228. The van der Waals surface area contributed by atoms with Crippen molar-refractivity contribution in [2.75, 3.05) is 19.8 Å². The zero-order valence-electron chi connectivity index (χ0n) is 14.6. The number of ether oxygens (including phenoxy) is 4. The molecule has 2 fully saturated rings. The summed E-state index contributed by atoms with van der Waals surface area (Å²) in [6.07, 6.45) is -11.5. The molecule has 10 atom stereocenters. The van der Waals surface area contributed by atoms with Gasteiger partial charge in [-0.2, -0.15) is 0 Å². The van der Waals surface area contributed by atoms with E-state index in [1.807, 2.05) is 0 Å². The molecule has 2 rings (SSSR count). The molecule has 7 N–H and O–H groups in total. The van der Waals surface area contributed by atoms with Gasteiger partial charge in [0.05, 0.1) is 32.0 Å². The first-order valence-electron chi connectivity index (χ1n) is 8.38. The summed E-state index contributed by atoms with van der Waals surface area (Å²) in [5.41, 5.74) is -1.86. The van der Waals surface area contributed by atoms with E-state index < -0.39 is 67.5 Å². The van der Waals surface area contributed by atoms with Gasteiger partial charge in [0.2, 0.25) is 0 Å². The van der Waals surface area contributed by atoms with Crippen LogP contribution in [0.4, 0.5) is 0 Å². The smallest absolute Gasteiger partial charge is 0.187 e. The van der Waals surface area contributed by atoms with Crippen LogP contribution in [0.3, 0.4) is 0 Å². The van der Waals surface area contributed by atoms with E-state index in [0.717, 1.165) is 0 Å². The molecule has 0 aromatic heterocycles. The second-order valence-corrected chi connectivity index (χ2v) is 6.82. The molecule has 154 valence electrons. The van der Waals surface area contributed by atoms with Gasteiger partial charge in [-0.25, -0.2) is 0 Å². The van der Waals surface area contributed by atoms with Crippen molar-refractivity contribution in [2.45, 2.75) is 74.8 Å². The van der Waals surface area contributed by atoms with Gasteiger partial charge >= 0.3 is 0 Å². The molecule has 0 aromatic carbocycles. The minimum absolute atomic E-state index is 0.345. The Labute approximate surface area is 150 Å². The largest absolute Gasteiger partial charge is 0.393 e. The second kappa shape index (κ2) is 8.71. The van der Waals surface area contributed by atoms with Crippen LogP contribution >= 0.6 is 0 Å². The van der Waals surface area contributed by atoms with Gasteiger partial charge in [0, 0.05) is 0 Å². The van der Waals surface area contributed by atoms with E-state index in [9.17, 15) is 30.6 Å². The van der Waals surface area contributed by atoms with Crippen molar-refractivity contribution >= 4 is 0 Å². The predicted octanol–water partition coefficient (Wildman–Crippen LogP) is -3.96. The van der Waals surface area contributed by atoms with E-state index in [1.165, 1.54) is 6.92 Å². The van der Waals surface area contributed by atoms with Crippen LogP contribution < -0.4 is 0 Å². The molecule has 2 saturated heterocycles. The fourth-order valence-electron chi connectivity index (χ4n) is 2.62. The van der Waals surface area contributed by atoms with Crippen LogP contribution in [0.1, 0.15) is 13.8 Å². The monoisotopic (exact) mass is 384 g/mol. The predicted molar refractivity (Wildman–Crippen MR) is 82.6 cm³/mol. The average molecular weight is 384 g/mol. The molecule has 10 unspecified atom stereocenters. The van der Waals surface area contributed by atoms with Crippen molar-refractivity contribution in [3.63, 3.8) is 0 Å². The average Bonchev–Trinajstić information content (AvgIpc) is 2.89. The number of hydrogen-bond acceptors (Lipinski definition) is 11. The molecule has 0 bridgehead atoms. The third-order valence-corrected chi connectivity index (χ3v) is 4.70. The van der Waals surface area contributed by atoms with Gasteiger partial charge in [-0.3, -0.25) is 0 Å². The van der Waals surface area contributed by atoms with Gasteiger partial charge in [0.15, 0.2) is 12.6 Å². The van der Waals surface area contributed by atoms with E-state index in [1.54, 1.807) is 6.92 Å². The van der Waals surface area contributed by atoms with Gasteiger partial charge in [0.25, 0.3) is 0 Å². The Morgan fingerprint density at radius 3 is 2.27 bits per heavy atom. The van der Waals surface area contributed by atoms with Crippen molar-refractivity contribution in [3.8, 4) is 0 Å². The molecule has 0 aromatic rings. The summed E-state index contributed by atoms with van der Waals surface area (Å²) in [4.78, 5) is 0. The first-order valence-corrected chi connectivity index (χ1v) is 8.38. The van der Waals surface area contributed by atoms with Crippen LogP contribution in [0.15, 0.2) is 0 Å². The fraction of sp³-hybridized carbons (Fsp3) is 1.00. The lowest BCUT2D eigenvalue weighted by molar-refractivity contribution is -0.321. The number of hydrogen-bond donors (Lipinski definition) is 7. The summed E-state index contributed by atoms with van der Waals surface area (Å²) < 4.78 is 21.1. The zero-order chi connectivity index (χ0) is 19.6. The van der Waals surface area contributed by atoms with Gasteiger partial charge in [0.1, 0.15) is 36.1 Å². The Morgan fingerprint density at radius 1 is 1.08 bits per heavy atom. The molecule has 2 heterocycles. The maximum absolute atomic E-state index is 10.0. The number of rotatable bonds is 7. The van der Waals surface area contributed by atoms with E-state index >= 15 is 0 Å². The molecular formula is C15H28O11. The van der Waals surface area contributed by atoms with E-state index in [0.29, 0.717) is 0 Å². The highest BCUT2D eigenvalue weighted by molar-refractivity contribution is 4.94. The summed E-state index contributed by atoms with van der Waals surface area (Å²) in [6.45, 7) is 1.59. The van der Waals surface area contributed by atoms with Crippen LogP contribution in [-0.4, -0.2) is 116 Å². The second-order valence-electron chi connectivity index (χ2n) is 6.82. The van der Waals surface area contributed by atoms with Crippen LogP contribution in [0, 0.1) is 0 Å². The normalized spacial score (nSPS) is 46.3. The lowest BCUT2D eigenvalue weighted by atomic mass is 9.99. The fourth-order valence-corrected chi connectivity index (χ4v) is 2.62. The van der Waals surface area contributed by atoms with E-state index in [4.69, 9.17) is 24.1 Å². The van der Waals surface area contributed by atoms with E-state index in [2.05, 4.69) is 0 Å². The Bertz CT molecular complexity index is 449. The molecule has 26 heavy (non-hydrogen) atoms. The molecule has 2 aliphatic rings. The molecule has 0 spiro atoms. The molecule has 11 nitrogen and oxygen atoms in total. The molecule has 0 aliphatic carbocycles. The summed E-state index contributed by atoms with van der Waals surface area (Å²) in [7, 11) is 0. The van der Waals surface area contributed by atoms with Crippen molar-refractivity contribution in [2.24, 2.45) is 0 Å². The summed E-state index contributed by atoms with van der Waals surface area (Å²) >= 11 is 0. The molecule has 0 radical (unpaired) electrons. The third kappa shape index (κ3) is 4.51. The summed E-state index contributed by atoms with van der Waals surface area (Å²) in [5.74, 6) is 0. The zero-order valence-corrected chi connectivity index (χ0v) is 14.6. The summed E-state index contributed by atoms with van der Waals surface area (Å²) in [6, 6.07) is 0. The number of aliphatic hydroxyl groups is 7. The SMILES string of the molecule is CC(O)C(C)OC1OC(COC2OCC(O)(CO)C2O)C(O)C(O)C1O. The Kier molecular flexibility index (Phi) is 7.32. The van der Waals surface area contributed by atoms with Gasteiger partial charge in [-0.1, -0.05) is 0 Å². The topological polar surface area (TPSA) is 179 Å². The maximum atomic E-state index is 10.0. The first-order chi connectivity index (χ1) is 12.1. The van der Waals surface area contributed by atoms with Crippen LogP contribution in [-0.2, 0) is 18.9 Å². The van der Waals surface area contributed by atoms with Crippen molar-refractivity contribution in [3.05, 3.63) is 0 Å². The minimum atomic E-state index is -1.86. The summed E-state index contributed by atoms with van der Waals surface area (Å²) in [5, 5.41) is 68.4. The van der Waals surface area contributed by atoms with Crippen LogP contribution in [0.25, 0.3) is 0 Å². The van der Waals surface area contributed by atoms with Crippen molar-refractivity contribution < 1.29 is 54.7 Å². The lowest BCUT2D eigenvalue weighted by Gasteiger charge is -2.41. The van der Waals surface area contributed by atoms with Crippen LogP contribution in [0.2, 0.25) is 0 Å². The van der Waals surface area contributed by atoms with Crippen molar-refractivity contribution in [1.29, 1.82) is 0 Å². The maximum Gasteiger partial charge on any atom is 0.187 e.